The van der Waals surface area contributed by atoms with Crippen molar-refractivity contribution in [2.75, 3.05) is 12.4 Å². The van der Waals surface area contributed by atoms with Crippen LogP contribution < -0.4 is 10.1 Å². The lowest BCUT2D eigenvalue weighted by molar-refractivity contribution is 0.412. The van der Waals surface area contributed by atoms with E-state index in [0.29, 0.717) is 5.82 Å². The highest BCUT2D eigenvalue weighted by Crippen LogP contribution is 2.29. The number of nitrogens with zero attached hydrogens (tertiary/aromatic N) is 2. The molecule has 1 heterocycles. The van der Waals surface area contributed by atoms with Gasteiger partial charge in [-0.25, -0.2) is 14.4 Å². The zero-order valence-corrected chi connectivity index (χ0v) is 11.7. The Labute approximate surface area is 121 Å². The van der Waals surface area contributed by atoms with Crippen LogP contribution in [0.25, 0.3) is 10.9 Å². The standard InChI is InChI=1S/C16H14FN3O/c1-10-7-13-14(8-15(10)21-2)18-9-19-16(13)20-12-5-3-11(17)4-6-12/h3-9H,1-2H3,(H,18,19,20). The van der Waals surface area contributed by atoms with Crippen LogP contribution in [0.15, 0.2) is 42.7 Å². The molecular weight excluding hydrogens is 269 g/mol. The van der Waals surface area contributed by atoms with Crippen LogP contribution in [0.2, 0.25) is 0 Å². The monoisotopic (exact) mass is 283 g/mol. The molecule has 0 spiro atoms. The highest BCUT2D eigenvalue weighted by molar-refractivity contribution is 5.92. The normalized spacial score (nSPS) is 10.6. The summed E-state index contributed by atoms with van der Waals surface area (Å²) in [5.74, 6) is 1.19. The van der Waals surface area contributed by atoms with Gasteiger partial charge in [-0.1, -0.05) is 0 Å². The quantitative estimate of drug-likeness (QED) is 0.793. The minimum absolute atomic E-state index is 0.270. The van der Waals surface area contributed by atoms with E-state index in [2.05, 4.69) is 15.3 Å². The number of nitrogens with one attached hydrogen (secondary N) is 1. The number of hydrogen-bond donors (Lipinski definition) is 1. The van der Waals surface area contributed by atoms with Gasteiger partial charge in [0, 0.05) is 17.1 Å². The van der Waals surface area contributed by atoms with Crippen LogP contribution in [0.4, 0.5) is 15.9 Å². The molecule has 0 bridgehead atoms. The van der Waals surface area contributed by atoms with Crippen molar-refractivity contribution < 1.29 is 9.13 Å². The van der Waals surface area contributed by atoms with Crippen molar-refractivity contribution in [1.29, 1.82) is 0 Å². The number of methoxy groups -OCH3 is 1. The molecule has 1 aromatic heterocycles. The largest absolute Gasteiger partial charge is 0.496 e. The Kier molecular flexibility index (Phi) is 3.39. The van der Waals surface area contributed by atoms with Gasteiger partial charge in [-0.3, -0.25) is 0 Å². The van der Waals surface area contributed by atoms with Crippen molar-refractivity contribution in [1.82, 2.24) is 9.97 Å². The average molecular weight is 283 g/mol. The maximum atomic E-state index is 12.9. The smallest absolute Gasteiger partial charge is 0.141 e. The number of halogens is 1. The van der Waals surface area contributed by atoms with Gasteiger partial charge >= 0.3 is 0 Å². The molecule has 0 radical (unpaired) electrons. The highest BCUT2D eigenvalue weighted by atomic mass is 19.1. The Morgan fingerprint density at radius 1 is 1.10 bits per heavy atom. The highest BCUT2D eigenvalue weighted by Gasteiger charge is 2.08. The molecule has 21 heavy (non-hydrogen) atoms. The second-order valence-electron chi connectivity index (χ2n) is 4.69. The minimum atomic E-state index is -0.270. The van der Waals surface area contributed by atoms with E-state index >= 15 is 0 Å². The second kappa shape index (κ2) is 5.36. The molecule has 0 unspecified atom stereocenters. The van der Waals surface area contributed by atoms with Gasteiger partial charge in [-0.2, -0.15) is 0 Å². The number of hydrogen-bond acceptors (Lipinski definition) is 4. The molecular formula is C16H14FN3O. The lowest BCUT2D eigenvalue weighted by Crippen LogP contribution is -1.97. The van der Waals surface area contributed by atoms with E-state index in [-0.39, 0.29) is 5.82 Å². The molecule has 3 rings (SSSR count). The fraction of sp³-hybridized carbons (Fsp3) is 0.125. The SMILES string of the molecule is COc1cc2ncnc(Nc3ccc(F)cc3)c2cc1C. The Morgan fingerprint density at radius 3 is 2.57 bits per heavy atom. The third kappa shape index (κ3) is 2.63. The molecule has 0 fully saturated rings. The molecule has 0 aliphatic carbocycles. The summed E-state index contributed by atoms with van der Waals surface area (Å²) in [6.45, 7) is 1.97. The maximum absolute atomic E-state index is 12.9. The molecule has 1 N–H and O–H groups in total. The number of fused-ring (bicyclic) bond motifs is 1. The van der Waals surface area contributed by atoms with Crippen molar-refractivity contribution >= 4 is 22.4 Å². The predicted octanol–water partition coefficient (Wildman–Crippen LogP) is 3.83. The number of aryl methyl sites for hydroxylation is 1. The third-order valence-corrected chi connectivity index (χ3v) is 3.26. The summed E-state index contributed by atoms with van der Waals surface area (Å²) in [6, 6.07) is 9.99. The maximum Gasteiger partial charge on any atom is 0.141 e. The topological polar surface area (TPSA) is 47.0 Å². The Hall–Kier alpha value is -2.69. The fourth-order valence-electron chi connectivity index (χ4n) is 2.18. The molecule has 106 valence electrons. The van der Waals surface area contributed by atoms with Crippen molar-refractivity contribution in [3.63, 3.8) is 0 Å². The van der Waals surface area contributed by atoms with Crippen LogP contribution in [0.5, 0.6) is 5.75 Å². The Morgan fingerprint density at radius 2 is 1.86 bits per heavy atom. The van der Waals surface area contributed by atoms with E-state index in [1.165, 1.54) is 18.5 Å². The molecule has 0 amide bonds. The van der Waals surface area contributed by atoms with Gasteiger partial charge in [0.05, 0.1) is 12.6 Å². The van der Waals surface area contributed by atoms with Crippen LogP contribution in [-0.2, 0) is 0 Å². The van der Waals surface area contributed by atoms with Gasteiger partial charge in [0.1, 0.15) is 23.7 Å². The molecule has 0 saturated carbocycles. The van der Waals surface area contributed by atoms with Crippen LogP contribution in [0.3, 0.4) is 0 Å². The van der Waals surface area contributed by atoms with Crippen LogP contribution in [-0.4, -0.2) is 17.1 Å². The van der Waals surface area contributed by atoms with Crippen molar-refractivity contribution in [3.05, 3.63) is 54.1 Å². The zero-order chi connectivity index (χ0) is 14.8. The molecule has 3 aromatic rings. The van der Waals surface area contributed by atoms with E-state index in [4.69, 9.17) is 4.74 Å². The predicted molar refractivity (Wildman–Crippen MR) is 80.5 cm³/mol. The van der Waals surface area contributed by atoms with Gasteiger partial charge in [-0.15, -0.1) is 0 Å². The number of aromatic nitrogens is 2. The summed E-state index contributed by atoms with van der Waals surface area (Å²) in [7, 11) is 1.63. The van der Waals surface area contributed by atoms with Crippen molar-refractivity contribution in [3.8, 4) is 5.75 Å². The molecule has 5 heteroatoms. The fourth-order valence-corrected chi connectivity index (χ4v) is 2.18. The van der Waals surface area contributed by atoms with Crippen LogP contribution >= 0.6 is 0 Å². The molecule has 0 aliphatic heterocycles. The first-order valence-corrected chi connectivity index (χ1v) is 6.49. The van der Waals surface area contributed by atoms with E-state index in [9.17, 15) is 4.39 Å². The summed E-state index contributed by atoms with van der Waals surface area (Å²) in [5.41, 5.74) is 2.56. The number of rotatable bonds is 3. The number of anilines is 2. The van der Waals surface area contributed by atoms with Gasteiger partial charge in [0.25, 0.3) is 0 Å². The first-order chi connectivity index (χ1) is 10.2. The van der Waals surface area contributed by atoms with Crippen molar-refractivity contribution in [2.45, 2.75) is 6.92 Å². The summed E-state index contributed by atoms with van der Waals surface area (Å²) < 4.78 is 18.2. The second-order valence-corrected chi connectivity index (χ2v) is 4.69. The van der Waals surface area contributed by atoms with E-state index in [1.54, 1.807) is 19.2 Å². The molecule has 0 atom stereocenters. The molecule has 4 nitrogen and oxygen atoms in total. The van der Waals surface area contributed by atoms with Gasteiger partial charge in [0.15, 0.2) is 0 Å². The van der Waals surface area contributed by atoms with Crippen molar-refractivity contribution in [2.24, 2.45) is 0 Å². The summed E-state index contributed by atoms with van der Waals surface area (Å²) in [5, 5.41) is 4.07. The van der Waals surface area contributed by atoms with Gasteiger partial charge in [0.2, 0.25) is 0 Å². The lowest BCUT2D eigenvalue weighted by atomic mass is 10.1. The average Bonchev–Trinajstić information content (AvgIpc) is 2.49. The first kappa shape index (κ1) is 13.3. The van der Waals surface area contributed by atoms with Crippen LogP contribution in [0, 0.1) is 12.7 Å². The number of ether oxygens (including phenoxy) is 1. The first-order valence-electron chi connectivity index (χ1n) is 6.49. The summed E-state index contributed by atoms with van der Waals surface area (Å²) in [6.07, 6.45) is 1.49. The van der Waals surface area contributed by atoms with Gasteiger partial charge < -0.3 is 10.1 Å². The van der Waals surface area contributed by atoms with Crippen LogP contribution in [0.1, 0.15) is 5.56 Å². The molecule has 2 aromatic carbocycles. The lowest BCUT2D eigenvalue weighted by Gasteiger charge is -2.11. The summed E-state index contributed by atoms with van der Waals surface area (Å²) in [4.78, 5) is 8.52. The Bertz CT molecular complexity index is 787. The van der Waals surface area contributed by atoms with E-state index in [1.807, 2.05) is 19.1 Å². The minimum Gasteiger partial charge on any atom is -0.496 e. The number of benzene rings is 2. The van der Waals surface area contributed by atoms with E-state index < -0.39 is 0 Å². The zero-order valence-electron chi connectivity index (χ0n) is 11.7. The van der Waals surface area contributed by atoms with E-state index in [0.717, 1.165) is 27.9 Å². The molecule has 0 saturated heterocycles. The molecule has 0 aliphatic rings. The Balaban J connectivity index is 2.06. The van der Waals surface area contributed by atoms with Gasteiger partial charge in [-0.05, 0) is 42.8 Å². The third-order valence-electron chi connectivity index (χ3n) is 3.26. The summed E-state index contributed by atoms with van der Waals surface area (Å²) >= 11 is 0.